The molecular weight excluding hydrogens is 376 g/mol. The van der Waals surface area contributed by atoms with E-state index in [1.165, 1.54) is 0 Å². The molecule has 2 aliphatic rings. The van der Waals surface area contributed by atoms with Crippen molar-refractivity contribution < 1.29 is 33.2 Å². The highest BCUT2D eigenvalue weighted by molar-refractivity contribution is 5.59. The predicted molar refractivity (Wildman–Crippen MR) is 106 cm³/mol. The van der Waals surface area contributed by atoms with Crippen molar-refractivity contribution in [2.45, 2.75) is 32.0 Å². The molecule has 0 spiro atoms. The maximum absolute atomic E-state index is 6.25. The van der Waals surface area contributed by atoms with Gasteiger partial charge in [-0.05, 0) is 30.7 Å². The number of hydrogen-bond acceptors (Lipinski definition) is 7. The Morgan fingerprint density at radius 2 is 1.59 bits per heavy atom. The van der Waals surface area contributed by atoms with Crippen LogP contribution in [0.2, 0.25) is 0 Å². The molecule has 2 aromatic rings. The monoisotopic (exact) mass is 402 g/mol. The fourth-order valence-electron chi connectivity index (χ4n) is 4.05. The van der Waals surface area contributed by atoms with Crippen LogP contribution in [0.15, 0.2) is 24.3 Å². The molecule has 156 valence electrons. The second-order valence-electron chi connectivity index (χ2n) is 7.13. The molecule has 29 heavy (non-hydrogen) atoms. The van der Waals surface area contributed by atoms with Gasteiger partial charge in [-0.25, -0.2) is 0 Å². The fraction of sp³-hybridized carbons (Fsp3) is 0.455. The molecule has 0 aromatic heterocycles. The highest BCUT2D eigenvalue weighted by Crippen LogP contribution is 2.51. The normalized spacial score (nSPS) is 21.9. The van der Waals surface area contributed by atoms with E-state index in [9.17, 15) is 0 Å². The van der Waals surface area contributed by atoms with Crippen LogP contribution >= 0.6 is 0 Å². The van der Waals surface area contributed by atoms with Gasteiger partial charge in [0.25, 0.3) is 0 Å². The third kappa shape index (κ3) is 3.40. The van der Waals surface area contributed by atoms with Crippen molar-refractivity contribution in [3.8, 4) is 34.5 Å². The molecule has 0 aliphatic carbocycles. The SMILES string of the molecule is CCO[C@@]1(C)C[C@H](c2cc(OC)c(OC)c(OC)c2)c2cc3c(cc2O1)OCO3. The lowest BCUT2D eigenvalue weighted by molar-refractivity contribution is -0.179. The molecule has 0 saturated heterocycles. The van der Waals surface area contributed by atoms with E-state index >= 15 is 0 Å². The Hall–Kier alpha value is -2.80. The van der Waals surface area contributed by atoms with Gasteiger partial charge in [0.2, 0.25) is 18.3 Å². The molecule has 2 atom stereocenters. The summed E-state index contributed by atoms with van der Waals surface area (Å²) in [5.74, 6) is 3.07. The third-order valence-corrected chi connectivity index (χ3v) is 5.32. The van der Waals surface area contributed by atoms with Crippen molar-refractivity contribution in [1.29, 1.82) is 0 Å². The summed E-state index contributed by atoms with van der Waals surface area (Å²) < 4.78 is 40.0. The van der Waals surface area contributed by atoms with E-state index in [-0.39, 0.29) is 12.7 Å². The summed E-state index contributed by atoms with van der Waals surface area (Å²) >= 11 is 0. The Labute approximate surface area is 170 Å². The highest BCUT2D eigenvalue weighted by atomic mass is 16.7. The van der Waals surface area contributed by atoms with Crippen LogP contribution in [-0.2, 0) is 4.74 Å². The van der Waals surface area contributed by atoms with Crippen molar-refractivity contribution in [3.63, 3.8) is 0 Å². The minimum atomic E-state index is -0.777. The molecule has 2 aliphatic heterocycles. The summed E-state index contributed by atoms with van der Waals surface area (Å²) in [6, 6.07) is 7.80. The van der Waals surface area contributed by atoms with E-state index in [1.807, 2.05) is 38.1 Å². The van der Waals surface area contributed by atoms with E-state index in [1.54, 1.807) is 21.3 Å². The quantitative estimate of drug-likeness (QED) is 0.720. The molecule has 0 radical (unpaired) electrons. The predicted octanol–water partition coefficient (Wildman–Crippen LogP) is 4.11. The maximum Gasteiger partial charge on any atom is 0.231 e. The molecule has 0 saturated carbocycles. The first kappa shape index (κ1) is 19.5. The van der Waals surface area contributed by atoms with Crippen molar-refractivity contribution >= 4 is 0 Å². The van der Waals surface area contributed by atoms with Crippen LogP contribution in [0.5, 0.6) is 34.5 Å². The van der Waals surface area contributed by atoms with Gasteiger partial charge < -0.3 is 33.2 Å². The topological polar surface area (TPSA) is 64.6 Å². The van der Waals surface area contributed by atoms with Crippen molar-refractivity contribution in [1.82, 2.24) is 0 Å². The smallest absolute Gasteiger partial charge is 0.231 e. The van der Waals surface area contributed by atoms with Gasteiger partial charge in [0, 0.05) is 37.5 Å². The second-order valence-corrected chi connectivity index (χ2v) is 7.13. The summed E-state index contributed by atoms with van der Waals surface area (Å²) in [6.07, 6.45) is 0.617. The first-order valence-electron chi connectivity index (χ1n) is 9.58. The molecule has 7 nitrogen and oxygen atoms in total. The standard InChI is InChI=1S/C22H26O7/c1-6-28-22(2)11-15(13-7-19(23-3)21(25-5)20(8-13)24-4)14-9-17-18(27-12-26-17)10-16(14)29-22/h7-10,15H,6,11-12H2,1-5H3/t15-,22-/m1/s1. The van der Waals surface area contributed by atoms with E-state index < -0.39 is 5.79 Å². The molecular formula is C22H26O7. The minimum Gasteiger partial charge on any atom is -0.493 e. The summed E-state index contributed by atoms with van der Waals surface area (Å²) in [6.45, 7) is 4.65. The minimum absolute atomic E-state index is 0.0292. The van der Waals surface area contributed by atoms with Crippen molar-refractivity contribution in [3.05, 3.63) is 35.4 Å². The third-order valence-electron chi connectivity index (χ3n) is 5.32. The molecule has 0 unspecified atom stereocenters. The molecule has 4 rings (SSSR count). The average molecular weight is 402 g/mol. The Balaban J connectivity index is 1.86. The van der Waals surface area contributed by atoms with E-state index in [4.69, 9.17) is 33.2 Å². The van der Waals surface area contributed by atoms with Crippen LogP contribution in [0.1, 0.15) is 37.3 Å². The number of hydrogen-bond donors (Lipinski definition) is 0. The van der Waals surface area contributed by atoms with E-state index in [0.29, 0.717) is 41.8 Å². The summed E-state index contributed by atoms with van der Waals surface area (Å²) in [7, 11) is 4.82. The average Bonchev–Trinajstić information content (AvgIpc) is 3.17. The van der Waals surface area contributed by atoms with Crippen LogP contribution in [0.25, 0.3) is 0 Å². The lowest BCUT2D eigenvalue weighted by Gasteiger charge is -2.39. The van der Waals surface area contributed by atoms with Gasteiger partial charge in [-0.3, -0.25) is 0 Å². The lowest BCUT2D eigenvalue weighted by atomic mass is 9.82. The zero-order valence-electron chi connectivity index (χ0n) is 17.4. The van der Waals surface area contributed by atoms with Gasteiger partial charge in [-0.2, -0.15) is 0 Å². The Morgan fingerprint density at radius 1 is 0.931 bits per heavy atom. The zero-order chi connectivity index (χ0) is 20.6. The van der Waals surface area contributed by atoms with Crippen LogP contribution in [0.4, 0.5) is 0 Å². The molecule has 7 heteroatoms. The van der Waals surface area contributed by atoms with Crippen LogP contribution in [0.3, 0.4) is 0 Å². The first-order valence-corrected chi connectivity index (χ1v) is 9.58. The fourth-order valence-corrected chi connectivity index (χ4v) is 4.05. The number of benzene rings is 2. The van der Waals surface area contributed by atoms with Crippen molar-refractivity contribution in [2.24, 2.45) is 0 Å². The Kier molecular flexibility index (Phi) is 5.08. The van der Waals surface area contributed by atoms with Gasteiger partial charge in [0.05, 0.1) is 21.3 Å². The molecule has 0 amide bonds. The molecule has 0 fully saturated rings. The van der Waals surface area contributed by atoms with Gasteiger partial charge in [-0.15, -0.1) is 0 Å². The zero-order valence-corrected chi connectivity index (χ0v) is 17.4. The first-order chi connectivity index (χ1) is 14.0. The van der Waals surface area contributed by atoms with Gasteiger partial charge in [-0.1, -0.05) is 0 Å². The number of methoxy groups -OCH3 is 3. The van der Waals surface area contributed by atoms with E-state index in [0.717, 1.165) is 16.9 Å². The molecule has 0 bridgehead atoms. The summed E-state index contributed by atoms with van der Waals surface area (Å²) in [5, 5.41) is 0. The van der Waals surface area contributed by atoms with Crippen LogP contribution in [0, 0.1) is 0 Å². The number of rotatable bonds is 6. The number of fused-ring (bicyclic) bond motifs is 2. The van der Waals surface area contributed by atoms with Gasteiger partial charge in [0.1, 0.15) is 5.75 Å². The van der Waals surface area contributed by atoms with Crippen LogP contribution < -0.4 is 28.4 Å². The van der Waals surface area contributed by atoms with E-state index in [2.05, 4.69) is 0 Å². The molecule has 2 heterocycles. The van der Waals surface area contributed by atoms with Crippen molar-refractivity contribution in [2.75, 3.05) is 34.7 Å². The number of ether oxygens (including phenoxy) is 7. The lowest BCUT2D eigenvalue weighted by Crippen LogP contribution is -2.41. The second kappa shape index (κ2) is 7.55. The summed E-state index contributed by atoms with van der Waals surface area (Å²) in [4.78, 5) is 0. The molecule has 2 aromatic carbocycles. The van der Waals surface area contributed by atoms with Crippen LogP contribution in [-0.4, -0.2) is 40.5 Å². The molecule has 0 N–H and O–H groups in total. The Morgan fingerprint density at radius 3 is 2.17 bits per heavy atom. The van der Waals surface area contributed by atoms with Gasteiger partial charge >= 0.3 is 0 Å². The Bertz CT molecular complexity index is 885. The summed E-state index contributed by atoms with van der Waals surface area (Å²) in [5.41, 5.74) is 2.01. The largest absolute Gasteiger partial charge is 0.493 e. The highest BCUT2D eigenvalue weighted by Gasteiger charge is 2.40. The van der Waals surface area contributed by atoms with Gasteiger partial charge in [0.15, 0.2) is 23.0 Å². The maximum atomic E-state index is 6.25.